The van der Waals surface area contributed by atoms with Gasteiger partial charge in [0.15, 0.2) is 0 Å². The molecule has 0 amide bonds. The van der Waals surface area contributed by atoms with E-state index in [-0.39, 0.29) is 0 Å². The van der Waals surface area contributed by atoms with E-state index in [4.69, 9.17) is 61.2 Å². The topological polar surface area (TPSA) is 280 Å². The summed E-state index contributed by atoms with van der Waals surface area (Å²) in [6, 6.07) is 0. The van der Waals surface area contributed by atoms with Crippen molar-refractivity contribution in [2.75, 3.05) is 213 Å². The van der Waals surface area contributed by atoms with Gasteiger partial charge in [0.25, 0.3) is 0 Å². The monoisotopic (exact) mass is 1210 g/mol. The van der Waals surface area contributed by atoms with Crippen molar-refractivity contribution >= 4 is 28.5 Å². The van der Waals surface area contributed by atoms with Gasteiger partial charge in [0.1, 0.15) is 0 Å². The van der Waals surface area contributed by atoms with E-state index in [2.05, 4.69) is 223 Å². The first kappa shape index (κ1) is 109. The Kier molecular flexibility index (Phi) is 90.8. The van der Waals surface area contributed by atoms with Crippen LogP contribution in [0.1, 0.15) is 166 Å². The van der Waals surface area contributed by atoms with Crippen LogP contribution in [0.25, 0.3) is 0 Å². The van der Waals surface area contributed by atoms with Gasteiger partial charge in [0.05, 0.1) is 213 Å². The zero-order valence-electron chi connectivity index (χ0n) is 61.9. The summed E-state index contributed by atoms with van der Waals surface area (Å²) in [7, 11) is 9.09. The van der Waals surface area contributed by atoms with Gasteiger partial charge in [-0.3, -0.25) is 0 Å². The maximum absolute atomic E-state index is 8.98. The van der Waals surface area contributed by atoms with Crippen LogP contribution >= 0.6 is 0 Å². The summed E-state index contributed by atoms with van der Waals surface area (Å²) in [5, 5.41) is 101. The molecule has 0 unspecified atom stereocenters. The first-order chi connectivity index (χ1) is 38.5. The fraction of sp³-hybridized carbons (Fsp3) is 0.933. The summed E-state index contributed by atoms with van der Waals surface area (Å²) in [6.45, 7) is 84.0. The van der Waals surface area contributed by atoms with Gasteiger partial charge in [-0.15, -0.1) is 0 Å². The minimum atomic E-state index is -2.31. The molecule has 24 heteroatoms. The van der Waals surface area contributed by atoms with Crippen molar-refractivity contribution in [1.29, 1.82) is 21.0 Å². The van der Waals surface area contributed by atoms with Crippen LogP contribution in [0.5, 0.6) is 0 Å². The van der Waals surface area contributed by atoms with Gasteiger partial charge in [0.2, 0.25) is 0 Å². The fourth-order valence-electron chi connectivity index (χ4n) is 5.37. The van der Waals surface area contributed by atoms with E-state index < -0.39 is 28.5 Å². The largest absolute Gasteiger partial charge is 0.881 e. The van der Waals surface area contributed by atoms with E-state index in [0.717, 1.165) is 23.9 Å². The van der Waals surface area contributed by atoms with Crippen molar-refractivity contribution in [2.45, 2.75) is 166 Å². The third kappa shape index (κ3) is 81.6. The van der Waals surface area contributed by atoms with Crippen LogP contribution in [-0.2, 0) is 0 Å². The molecule has 0 bridgehead atoms. The average Bonchev–Trinajstić information content (AvgIpc) is 3.54. The van der Waals surface area contributed by atoms with Gasteiger partial charge in [-0.25, -0.2) is 21.0 Å². The van der Waals surface area contributed by atoms with Gasteiger partial charge >= 0.3 is 0 Å². The van der Waals surface area contributed by atoms with Gasteiger partial charge < -0.3 is 76.1 Å². The highest BCUT2D eigenvalue weighted by atomic mass is 16.4. The highest BCUT2D eigenvalue weighted by Gasteiger charge is 2.15. The molecule has 0 radical (unpaired) electrons. The first-order valence-corrected chi connectivity index (χ1v) is 32.1. The lowest BCUT2D eigenvalue weighted by molar-refractivity contribution is -0.904. The average molecular weight is 1210 g/mol. The van der Waals surface area contributed by atoms with Crippen LogP contribution in [0.2, 0.25) is 0 Å². The Hall–Kier alpha value is -2.42. The van der Waals surface area contributed by atoms with Crippen molar-refractivity contribution in [2.24, 2.45) is 0 Å². The Bertz CT molecular complexity index is 1120. The van der Waals surface area contributed by atoms with Crippen LogP contribution in [0.15, 0.2) is 0 Å². The highest BCUT2D eigenvalue weighted by molar-refractivity contribution is 6.47. The van der Waals surface area contributed by atoms with Crippen LogP contribution in [0.4, 0.5) is 0 Å². The molecule has 0 saturated heterocycles. The summed E-state index contributed by atoms with van der Waals surface area (Å²) >= 11 is 0. The maximum Gasteiger partial charge on any atom is 0.0755 e. The molecule has 0 rings (SSSR count). The second-order valence-electron chi connectivity index (χ2n) is 22.4. The molecule has 0 heterocycles. The molecule has 0 aromatic carbocycles. The van der Waals surface area contributed by atoms with Crippen molar-refractivity contribution in [3.05, 3.63) is 0 Å². The Labute approximate surface area is 527 Å². The quantitative estimate of drug-likeness (QED) is 0.0966. The second-order valence-corrected chi connectivity index (χ2v) is 22.4. The number of hydrogen-bond donors (Lipinski definition) is 0. The van der Waals surface area contributed by atoms with Crippen molar-refractivity contribution in [3.63, 3.8) is 0 Å². The van der Waals surface area contributed by atoms with Crippen LogP contribution < -0.4 is 40.2 Å². The van der Waals surface area contributed by atoms with E-state index >= 15 is 0 Å². The smallest absolute Gasteiger partial charge is 0.0755 e. The number of nitrogens with zero attached hydrogens (tertiary/aromatic N) is 12. The molecule has 0 N–H and O–H groups in total. The summed E-state index contributed by atoms with van der Waals surface area (Å²) in [5.41, 5.74) is 0. The van der Waals surface area contributed by atoms with Gasteiger partial charge in [-0.2, -0.15) is 0 Å². The summed E-state index contributed by atoms with van der Waals surface area (Å²) in [4.78, 5) is 0. The van der Waals surface area contributed by atoms with Gasteiger partial charge in [-0.1, -0.05) is 0 Å². The lowest BCUT2D eigenvalue weighted by Crippen LogP contribution is -2.43. The van der Waals surface area contributed by atoms with Crippen molar-refractivity contribution in [3.8, 4) is 23.9 Å². The number of quaternary nitrogens is 8. The second kappa shape index (κ2) is 69.7. The molecule has 0 fully saturated rings. The molecule has 0 aliphatic rings. The van der Waals surface area contributed by atoms with E-state index in [9.17, 15) is 0 Å². The molecule has 0 aliphatic carbocycles. The van der Waals surface area contributed by atoms with Crippen LogP contribution in [0, 0.1) is 44.9 Å². The molecule has 0 atom stereocenters. The van der Waals surface area contributed by atoms with E-state index in [0.29, 0.717) is 0 Å². The normalized spacial score (nSPS) is 10.5. The molecule has 0 aromatic heterocycles. The SMILES string of the molecule is CC[N+](C)(CC)CC.CC[N+](C)(CC)CC.CC[N+](C)(CC)CC.CC[N+](C)(CC)CC.CC[N+](C)(CC)CC.CC[N+](C)(CC)CC.CC[N+](C)(CC)CC.CC[N+](C)(CC)CC.N#CB([O-])[O-].N#CB([O-])[O-].N#CB([O-])[O-].N#CB([O-])[O-]. The summed E-state index contributed by atoms with van der Waals surface area (Å²) < 4.78 is 9.67. The fourth-order valence-corrected chi connectivity index (χ4v) is 5.37. The Morgan fingerprint density at radius 3 is 0.214 bits per heavy atom. The lowest BCUT2D eigenvalue weighted by atomic mass is 9.97. The summed E-state index contributed by atoms with van der Waals surface area (Å²) in [5.74, 6) is 3.67. The van der Waals surface area contributed by atoms with E-state index in [1.54, 1.807) is 0 Å². The lowest BCUT2D eigenvalue weighted by Gasteiger charge is -2.30. The van der Waals surface area contributed by atoms with Gasteiger partial charge in [-0.05, 0) is 190 Å². The maximum atomic E-state index is 8.98. The molecular weight excluding hydrogens is 1060 g/mol. The summed E-state index contributed by atoms with van der Waals surface area (Å²) in [6.07, 6.45) is 0. The van der Waals surface area contributed by atoms with Crippen LogP contribution in [0.3, 0.4) is 0 Å². The predicted molar refractivity (Wildman–Crippen MR) is 348 cm³/mol. The molecule has 0 spiro atoms. The molecule has 20 nitrogen and oxygen atoms in total. The predicted octanol–water partition coefficient (Wildman–Crippen LogP) is 0.974. The zero-order valence-corrected chi connectivity index (χ0v) is 61.9. The van der Waals surface area contributed by atoms with Crippen molar-refractivity contribution in [1.82, 2.24) is 0 Å². The van der Waals surface area contributed by atoms with E-state index in [1.807, 2.05) is 0 Å². The minimum absolute atomic E-state index is 0.917. The first-order valence-electron chi connectivity index (χ1n) is 32.1. The van der Waals surface area contributed by atoms with Crippen LogP contribution in [-0.4, -0.2) is 278 Å². The van der Waals surface area contributed by atoms with Gasteiger partial charge in [0, 0.05) is 28.5 Å². The Morgan fingerprint density at radius 2 is 0.214 bits per heavy atom. The Morgan fingerprint density at radius 1 is 0.179 bits per heavy atom. The third-order valence-electron chi connectivity index (χ3n) is 18.7. The number of rotatable bonds is 24. The molecule has 504 valence electrons. The number of hydrogen-bond acceptors (Lipinski definition) is 12. The molecule has 0 saturated carbocycles. The van der Waals surface area contributed by atoms with E-state index in [1.165, 1.54) is 193 Å². The minimum Gasteiger partial charge on any atom is -0.881 e. The highest BCUT2D eigenvalue weighted by Crippen LogP contribution is 2.02. The van der Waals surface area contributed by atoms with Crippen molar-refractivity contribution < 1.29 is 76.1 Å². The zero-order chi connectivity index (χ0) is 70.1. The molecular formula is C60H144B4N12O8. The Balaban J connectivity index is -0.0000000676. The molecule has 84 heavy (non-hydrogen) atoms. The number of nitriles is 4. The molecule has 0 aromatic rings. The third-order valence-corrected chi connectivity index (χ3v) is 18.7. The standard InChI is InChI=1S/8C7H18N.4CBNO2/c8*1-5-8(4,6-2)7-3;4*3-1-2(4)5/h8*5-7H2,1-4H3;;;;/q8*+1;4*-2. The molecule has 0 aliphatic heterocycles.